The quantitative estimate of drug-likeness (QED) is 0.145. The second-order valence-electron chi connectivity index (χ2n) is 14.5. The SMILES string of the molecule is C=C(C(=O)Nc1ccc2[nH]nc(-c3ccc(OC(C)C)nc3)c2c1)C1(OC)CCN(CC(=O)N2CC=C(c3ccc(-c4ncn(C(C)C)n4)cc3)CC2)C1. The second kappa shape index (κ2) is 15.4. The number of hydrogen-bond donors (Lipinski definition) is 2. The monoisotopic (exact) mass is 729 g/mol. The van der Waals surface area contributed by atoms with E-state index in [9.17, 15) is 9.59 Å². The summed E-state index contributed by atoms with van der Waals surface area (Å²) in [6.45, 7) is 14.7. The Balaban J connectivity index is 0.939. The number of benzene rings is 2. The highest BCUT2D eigenvalue weighted by atomic mass is 16.5. The van der Waals surface area contributed by atoms with Gasteiger partial charge < -0.3 is 19.7 Å². The molecule has 1 fully saturated rings. The molecule has 2 aliphatic rings. The standard InChI is InChI=1S/C41H47N9O4/c1-26(2)50-25-43-39(47-50)31-9-7-29(8-10-31)30-15-18-49(19-16-30)37(51)23-48-20-17-41(24-48,53-6)28(5)40(52)44-33-12-13-35-34(21-33)38(46-45-35)32-11-14-36(42-22-32)54-27(3)4/h7-15,21-22,25-27H,5,16-20,23-24H2,1-4,6H3,(H,44,52)(H,45,46). The van der Waals surface area contributed by atoms with Gasteiger partial charge in [0.05, 0.1) is 18.2 Å². The molecule has 54 heavy (non-hydrogen) atoms. The number of rotatable bonds is 12. The highest BCUT2D eigenvalue weighted by Gasteiger charge is 2.44. The Morgan fingerprint density at radius 1 is 1.00 bits per heavy atom. The number of aromatic nitrogens is 6. The first-order valence-electron chi connectivity index (χ1n) is 18.4. The third-order valence-corrected chi connectivity index (χ3v) is 10.2. The zero-order chi connectivity index (χ0) is 38.0. The number of nitrogens with one attached hydrogen (secondary N) is 2. The number of nitrogens with zero attached hydrogens (tertiary/aromatic N) is 7. The first-order valence-corrected chi connectivity index (χ1v) is 18.4. The predicted molar refractivity (Wildman–Crippen MR) is 209 cm³/mol. The molecule has 13 heteroatoms. The number of likely N-dealkylation sites (tertiary alicyclic amines) is 1. The van der Waals surface area contributed by atoms with E-state index >= 15 is 0 Å². The Labute approximate surface area is 315 Å². The summed E-state index contributed by atoms with van der Waals surface area (Å²) < 4.78 is 13.5. The maximum absolute atomic E-state index is 13.6. The second-order valence-corrected chi connectivity index (χ2v) is 14.5. The van der Waals surface area contributed by atoms with Crippen molar-refractivity contribution in [1.29, 1.82) is 0 Å². The van der Waals surface area contributed by atoms with Crippen LogP contribution in [0.25, 0.3) is 39.1 Å². The fourth-order valence-electron chi connectivity index (χ4n) is 7.02. The molecule has 280 valence electrons. The van der Waals surface area contributed by atoms with Crippen LogP contribution in [0.3, 0.4) is 0 Å². The Hall–Kier alpha value is -5.66. The summed E-state index contributed by atoms with van der Waals surface area (Å²) in [4.78, 5) is 39.9. The number of hydrogen-bond acceptors (Lipinski definition) is 9. The van der Waals surface area contributed by atoms with E-state index in [1.807, 2.05) is 70.8 Å². The Bertz CT molecular complexity index is 2190. The van der Waals surface area contributed by atoms with Crippen molar-refractivity contribution in [3.8, 4) is 28.5 Å². The van der Waals surface area contributed by atoms with Gasteiger partial charge in [-0.25, -0.2) is 14.6 Å². The zero-order valence-electron chi connectivity index (χ0n) is 31.5. The summed E-state index contributed by atoms with van der Waals surface area (Å²) in [7, 11) is 1.59. The van der Waals surface area contributed by atoms with E-state index in [2.05, 4.69) is 69.2 Å². The van der Waals surface area contributed by atoms with E-state index in [0.29, 0.717) is 61.3 Å². The van der Waals surface area contributed by atoms with Crippen LogP contribution in [0.2, 0.25) is 0 Å². The summed E-state index contributed by atoms with van der Waals surface area (Å²) in [5.74, 6) is 0.969. The van der Waals surface area contributed by atoms with Gasteiger partial charge in [0.2, 0.25) is 11.8 Å². The summed E-state index contributed by atoms with van der Waals surface area (Å²) >= 11 is 0. The molecule has 0 saturated carbocycles. The molecule has 0 aliphatic carbocycles. The summed E-state index contributed by atoms with van der Waals surface area (Å²) in [5, 5.41) is 16.0. The minimum absolute atomic E-state index is 0.0242. The number of anilines is 1. The van der Waals surface area contributed by atoms with Crippen molar-refractivity contribution in [1.82, 2.24) is 39.7 Å². The Morgan fingerprint density at radius 2 is 1.78 bits per heavy atom. The Kier molecular flexibility index (Phi) is 10.4. The van der Waals surface area contributed by atoms with Crippen molar-refractivity contribution in [2.45, 2.75) is 58.3 Å². The third-order valence-electron chi connectivity index (χ3n) is 10.2. The van der Waals surface area contributed by atoms with E-state index in [4.69, 9.17) is 9.47 Å². The van der Waals surface area contributed by atoms with E-state index in [1.165, 1.54) is 5.57 Å². The number of ether oxygens (including phenoxy) is 2. The maximum atomic E-state index is 13.6. The van der Waals surface area contributed by atoms with E-state index in [1.54, 1.807) is 19.6 Å². The first kappa shape index (κ1) is 36.7. The minimum atomic E-state index is -0.912. The molecule has 5 aromatic rings. The van der Waals surface area contributed by atoms with Crippen LogP contribution >= 0.6 is 0 Å². The number of carbonyl (C=O) groups is 2. The number of carbonyl (C=O) groups excluding carboxylic acids is 2. The van der Waals surface area contributed by atoms with Gasteiger partial charge in [0.1, 0.15) is 17.6 Å². The Morgan fingerprint density at radius 3 is 2.44 bits per heavy atom. The van der Waals surface area contributed by atoms with Crippen molar-refractivity contribution >= 4 is 34.0 Å². The molecule has 5 heterocycles. The van der Waals surface area contributed by atoms with Crippen LogP contribution in [0, 0.1) is 0 Å². The molecule has 0 spiro atoms. The van der Waals surface area contributed by atoms with Crippen LogP contribution in [0.1, 0.15) is 52.1 Å². The van der Waals surface area contributed by atoms with Crippen molar-refractivity contribution in [2.24, 2.45) is 0 Å². The van der Waals surface area contributed by atoms with Gasteiger partial charge in [-0.15, -0.1) is 0 Å². The van der Waals surface area contributed by atoms with Gasteiger partial charge in [-0.3, -0.25) is 19.6 Å². The molecule has 1 atom stereocenters. The summed E-state index contributed by atoms with van der Waals surface area (Å²) in [5.41, 5.74) is 5.70. The average molecular weight is 730 g/mol. The molecule has 2 amide bonds. The molecule has 1 saturated heterocycles. The van der Waals surface area contributed by atoms with Crippen molar-refractivity contribution in [3.05, 3.63) is 90.9 Å². The van der Waals surface area contributed by atoms with Crippen LogP contribution < -0.4 is 10.1 Å². The average Bonchev–Trinajstić information content (AvgIpc) is 3.94. The molecule has 1 unspecified atom stereocenters. The van der Waals surface area contributed by atoms with Crippen molar-refractivity contribution in [3.63, 3.8) is 0 Å². The van der Waals surface area contributed by atoms with Crippen LogP contribution in [0.15, 0.2) is 85.3 Å². The molecular weight excluding hydrogens is 683 g/mol. The molecule has 13 nitrogen and oxygen atoms in total. The number of fused-ring (bicyclic) bond motifs is 1. The predicted octanol–water partition coefficient (Wildman–Crippen LogP) is 6.15. The molecule has 2 aromatic carbocycles. The molecule has 3 aromatic heterocycles. The fraction of sp³-hybridized carbons (Fsp3) is 0.366. The summed E-state index contributed by atoms with van der Waals surface area (Å²) in [6, 6.07) is 17.9. The minimum Gasteiger partial charge on any atom is -0.475 e. The molecule has 0 bridgehead atoms. The van der Waals surface area contributed by atoms with Gasteiger partial charge in [-0.05, 0) is 75.9 Å². The van der Waals surface area contributed by atoms with Crippen molar-refractivity contribution in [2.75, 3.05) is 45.2 Å². The molecule has 2 N–H and O–H groups in total. The number of amides is 2. The maximum Gasteiger partial charge on any atom is 0.253 e. The zero-order valence-corrected chi connectivity index (χ0v) is 31.5. The van der Waals surface area contributed by atoms with E-state index < -0.39 is 5.60 Å². The van der Waals surface area contributed by atoms with Gasteiger partial charge in [0, 0.05) is 79.4 Å². The highest BCUT2D eigenvalue weighted by molar-refractivity contribution is 6.06. The lowest BCUT2D eigenvalue weighted by Crippen LogP contribution is -2.45. The van der Waals surface area contributed by atoms with Gasteiger partial charge in [0.15, 0.2) is 5.82 Å². The van der Waals surface area contributed by atoms with Gasteiger partial charge in [-0.2, -0.15) is 10.2 Å². The van der Waals surface area contributed by atoms with Crippen molar-refractivity contribution < 1.29 is 19.1 Å². The molecular formula is C41H47N9O4. The topological polar surface area (TPSA) is 143 Å². The fourth-order valence-corrected chi connectivity index (χ4v) is 7.02. The van der Waals surface area contributed by atoms with Crippen LogP contribution in [-0.4, -0.2) is 103 Å². The van der Waals surface area contributed by atoms with Crippen LogP contribution in [0.5, 0.6) is 5.88 Å². The number of H-pyrrole nitrogens is 1. The number of pyridine rings is 1. The summed E-state index contributed by atoms with van der Waals surface area (Å²) in [6.07, 6.45) is 6.96. The van der Waals surface area contributed by atoms with Crippen LogP contribution in [-0.2, 0) is 14.3 Å². The largest absolute Gasteiger partial charge is 0.475 e. The third kappa shape index (κ3) is 7.68. The lowest BCUT2D eigenvalue weighted by molar-refractivity contribution is -0.131. The number of methoxy groups -OCH3 is 1. The van der Waals surface area contributed by atoms with E-state index in [0.717, 1.165) is 34.0 Å². The highest BCUT2D eigenvalue weighted by Crippen LogP contribution is 2.34. The normalized spacial score (nSPS) is 17.7. The smallest absolute Gasteiger partial charge is 0.253 e. The van der Waals surface area contributed by atoms with Gasteiger partial charge in [0.25, 0.3) is 5.91 Å². The number of aromatic amines is 1. The lowest BCUT2D eigenvalue weighted by atomic mass is 9.92. The lowest BCUT2D eigenvalue weighted by Gasteiger charge is -2.31. The van der Waals surface area contributed by atoms with E-state index in [-0.39, 0.29) is 30.5 Å². The van der Waals surface area contributed by atoms with Crippen LogP contribution in [0.4, 0.5) is 5.69 Å². The first-order chi connectivity index (χ1) is 26.0. The molecule has 2 aliphatic heterocycles. The molecule has 7 rings (SSSR count). The molecule has 0 radical (unpaired) electrons. The van der Waals surface area contributed by atoms with Gasteiger partial charge >= 0.3 is 0 Å². The van der Waals surface area contributed by atoms with Gasteiger partial charge in [-0.1, -0.05) is 36.9 Å².